The minimum absolute atomic E-state index is 0.0705. The van der Waals surface area contributed by atoms with Crippen molar-refractivity contribution in [2.24, 2.45) is 0 Å². The van der Waals surface area contributed by atoms with E-state index in [2.05, 4.69) is 31.4 Å². The second kappa shape index (κ2) is 8.70. The van der Waals surface area contributed by atoms with Crippen molar-refractivity contribution < 1.29 is 4.79 Å². The maximum absolute atomic E-state index is 12.3. The van der Waals surface area contributed by atoms with Crippen LogP contribution >= 0.6 is 39.3 Å². The highest BCUT2D eigenvalue weighted by atomic mass is 79.9. The van der Waals surface area contributed by atoms with Crippen molar-refractivity contribution in [3.8, 4) is 5.69 Å². The Balaban J connectivity index is 1.62. The molecule has 0 spiro atoms. The van der Waals surface area contributed by atoms with Crippen LogP contribution in [0.4, 0.5) is 0 Å². The second-order valence-electron chi connectivity index (χ2n) is 5.56. The summed E-state index contributed by atoms with van der Waals surface area (Å²) in [5.41, 5.74) is 1.89. The molecule has 5 nitrogen and oxygen atoms in total. The predicted molar refractivity (Wildman–Crippen MR) is 108 cm³/mol. The molecule has 1 unspecified atom stereocenters. The smallest absolute Gasteiger partial charge is 0.230 e. The molecular formula is C18H16BrClN4OS. The Morgan fingerprint density at radius 3 is 2.88 bits per heavy atom. The highest BCUT2D eigenvalue weighted by Gasteiger charge is 2.14. The lowest BCUT2D eigenvalue weighted by Crippen LogP contribution is -2.28. The van der Waals surface area contributed by atoms with Crippen LogP contribution in [0.15, 0.2) is 64.5 Å². The summed E-state index contributed by atoms with van der Waals surface area (Å²) in [5, 5.41) is 12.3. The van der Waals surface area contributed by atoms with Crippen molar-refractivity contribution >= 4 is 45.2 Å². The number of thioether (sulfide) groups is 1. The van der Waals surface area contributed by atoms with Gasteiger partial charge in [0.2, 0.25) is 5.91 Å². The maximum Gasteiger partial charge on any atom is 0.230 e. The molecule has 0 fully saturated rings. The summed E-state index contributed by atoms with van der Waals surface area (Å²) < 4.78 is 2.78. The first-order valence-electron chi connectivity index (χ1n) is 7.87. The number of amides is 1. The van der Waals surface area contributed by atoms with Gasteiger partial charge >= 0.3 is 0 Å². The van der Waals surface area contributed by atoms with Crippen LogP contribution in [0, 0.1) is 0 Å². The van der Waals surface area contributed by atoms with E-state index in [4.69, 9.17) is 11.6 Å². The van der Waals surface area contributed by atoms with E-state index >= 15 is 0 Å². The monoisotopic (exact) mass is 450 g/mol. The van der Waals surface area contributed by atoms with Gasteiger partial charge in [-0.25, -0.2) is 0 Å². The zero-order valence-corrected chi connectivity index (χ0v) is 17.1. The lowest BCUT2D eigenvalue weighted by atomic mass is 10.1. The molecule has 0 saturated carbocycles. The topological polar surface area (TPSA) is 59.8 Å². The Bertz CT molecular complexity index is 917. The molecule has 3 rings (SSSR count). The SMILES string of the molecule is CC(NC(=O)CSc1nncn1-c1cccc(Cl)c1)c1ccccc1Br. The van der Waals surface area contributed by atoms with Crippen molar-refractivity contribution in [2.45, 2.75) is 18.1 Å². The fraction of sp³-hybridized carbons (Fsp3) is 0.167. The van der Waals surface area contributed by atoms with Gasteiger partial charge in [0, 0.05) is 9.50 Å². The lowest BCUT2D eigenvalue weighted by Gasteiger charge is -2.15. The van der Waals surface area contributed by atoms with Gasteiger partial charge < -0.3 is 5.32 Å². The first kappa shape index (κ1) is 18.9. The Kier molecular flexibility index (Phi) is 6.34. The van der Waals surface area contributed by atoms with Crippen molar-refractivity contribution in [3.63, 3.8) is 0 Å². The van der Waals surface area contributed by atoms with Gasteiger partial charge in [-0.1, -0.05) is 63.6 Å². The molecular weight excluding hydrogens is 436 g/mol. The largest absolute Gasteiger partial charge is 0.349 e. The van der Waals surface area contributed by atoms with Crippen molar-refractivity contribution in [2.75, 3.05) is 5.75 Å². The Morgan fingerprint density at radius 1 is 1.31 bits per heavy atom. The third-order valence-corrected chi connectivity index (χ3v) is 5.58. The summed E-state index contributed by atoms with van der Waals surface area (Å²) in [7, 11) is 0. The lowest BCUT2D eigenvalue weighted by molar-refractivity contribution is -0.119. The number of rotatable bonds is 6. The molecule has 0 aliphatic heterocycles. The fourth-order valence-corrected chi connectivity index (χ4v) is 4.00. The second-order valence-corrected chi connectivity index (χ2v) is 7.80. The van der Waals surface area contributed by atoms with Gasteiger partial charge in [0.25, 0.3) is 0 Å². The number of aromatic nitrogens is 3. The van der Waals surface area contributed by atoms with E-state index in [-0.39, 0.29) is 17.7 Å². The predicted octanol–water partition coefficient (Wildman–Crippen LogP) is 4.65. The van der Waals surface area contributed by atoms with Gasteiger partial charge in [-0.05, 0) is 36.8 Å². The molecule has 1 atom stereocenters. The molecule has 0 aliphatic carbocycles. The van der Waals surface area contributed by atoms with Gasteiger partial charge in [-0.15, -0.1) is 10.2 Å². The minimum Gasteiger partial charge on any atom is -0.349 e. The fourth-order valence-electron chi connectivity index (χ4n) is 2.44. The van der Waals surface area contributed by atoms with Gasteiger partial charge in [0.1, 0.15) is 6.33 Å². The number of hydrogen-bond acceptors (Lipinski definition) is 4. The maximum atomic E-state index is 12.3. The number of nitrogens with zero attached hydrogens (tertiary/aromatic N) is 3. The number of carbonyl (C=O) groups is 1. The first-order chi connectivity index (χ1) is 12.5. The van der Waals surface area contributed by atoms with E-state index in [1.165, 1.54) is 11.8 Å². The molecule has 134 valence electrons. The highest BCUT2D eigenvalue weighted by molar-refractivity contribution is 9.10. The van der Waals surface area contributed by atoms with Crippen molar-refractivity contribution in [3.05, 3.63) is 69.9 Å². The van der Waals surface area contributed by atoms with Crippen LogP contribution in [0.3, 0.4) is 0 Å². The van der Waals surface area contributed by atoms with E-state index in [0.717, 1.165) is 15.7 Å². The van der Waals surface area contributed by atoms with Gasteiger partial charge in [-0.2, -0.15) is 0 Å². The van der Waals surface area contributed by atoms with E-state index in [1.807, 2.05) is 49.4 Å². The third-order valence-electron chi connectivity index (χ3n) is 3.68. The molecule has 2 aromatic carbocycles. The van der Waals surface area contributed by atoms with Crippen LogP contribution in [-0.4, -0.2) is 26.4 Å². The van der Waals surface area contributed by atoms with Crippen LogP contribution in [-0.2, 0) is 4.79 Å². The molecule has 8 heteroatoms. The molecule has 0 saturated heterocycles. The Morgan fingerprint density at radius 2 is 2.12 bits per heavy atom. The van der Waals surface area contributed by atoms with Crippen LogP contribution in [0.25, 0.3) is 5.69 Å². The molecule has 0 bridgehead atoms. The number of carbonyl (C=O) groups excluding carboxylic acids is 1. The molecule has 1 heterocycles. The molecule has 26 heavy (non-hydrogen) atoms. The third kappa shape index (κ3) is 4.66. The quantitative estimate of drug-likeness (QED) is 0.554. The number of benzene rings is 2. The molecule has 1 aromatic heterocycles. The average Bonchev–Trinajstić information content (AvgIpc) is 3.09. The first-order valence-corrected chi connectivity index (χ1v) is 10.0. The van der Waals surface area contributed by atoms with Gasteiger partial charge in [-0.3, -0.25) is 9.36 Å². The summed E-state index contributed by atoms with van der Waals surface area (Å²) in [6.07, 6.45) is 1.61. The van der Waals surface area contributed by atoms with Crippen molar-refractivity contribution in [1.29, 1.82) is 0 Å². The Labute approximate surface area is 169 Å². The zero-order valence-electron chi connectivity index (χ0n) is 13.9. The van der Waals surface area contributed by atoms with Crippen LogP contribution in [0.1, 0.15) is 18.5 Å². The van der Waals surface area contributed by atoms with E-state index in [9.17, 15) is 4.79 Å². The Hall–Kier alpha value is -1.83. The number of hydrogen-bond donors (Lipinski definition) is 1. The summed E-state index contributed by atoms with van der Waals surface area (Å²) >= 11 is 10.9. The summed E-state index contributed by atoms with van der Waals surface area (Å²) in [6.45, 7) is 1.96. The average molecular weight is 452 g/mol. The van der Waals surface area contributed by atoms with E-state index < -0.39 is 0 Å². The van der Waals surface area contributed by atoms with Gasteiger partial charge in [0.15, 0.2) is 5.16 Å². The molecule has 0 aliphatic rings. The highest BCUT2D eigenvalue weighted by Crippen LogP contribution is 2.24. The van der Waals surface area contributed by atoms with E-state index in [1.54, 1.807) is 17.0 Å². The van der Waals surface area contributed by atoms with Crippen molar-refractivity contribution in [1.82, 2.24) is 20.1 Å². The van der Waals surface area contributed by atoms with Crippen LogP contribution in [0.2, 0.25) is 5.02 Å². The van der Waals surface area contributed by atoms with Crippen LogP contribution in [0.5, 0.6) is 0 Å². The molecule has 1 amide bonds. The normalized spacial score (nSPS) is 12.0. The summed E-state index contributed by atoms with van der Waals surface area (Å²) in [5.74, 6) is 0.174. The van der Waals surface area contributed by atoms with E-state index in [0.29, 0.717) is 10.2 Å². The zero-order chi connectivity index (χ0) is 18.5. The number of halogens is 2. The van der Waals surface area contributed by atoms with Crippen LogP contribution < -0.4 is 5.32 Å². The number of nitrogens with one attached hydrogen (secondary N) is 1. The molecule has 0 radical (unpaired) electrons. The van der Waals surface area contributed by atoms with Gasteiger partial charge in [0.05, 0.1) is 17.5 Å². The minimum atomic E-state index is -0.0931. The summed E-state index contributed by atoms with van der Waals surface area (Å²) in [6, 6.07) is 15.1. The molecule has 3 aromatic rings. The summed E-state index contributed by atoms with van der Waals surface area (Å²) in [4.78, 5) is 12.3. The molecule has 1 N–H and O–H groups in total. The standard InChI is InChI=1S/C18H16BrClN4OS/c1-12(15-7-2-3-8-16(15)19)22-17(25)10-26-18-23-21-11-24(18)14-6-4-5-13(20)9-14/h2-9,11-12H,10H2,1H3,(H,22,25).